The number of rotatable bonds is 5. The third-order valence-electron chi connectivity index (χ3n) is 4.03. The maximum Gasteiger partial charge on any atom is 0.224 e. The molecule has 5 nitrogen and oxygen atoms in total. The van der Waals surface area contributed by atoms with Crippen molar-refractivity contribution in [1.82, 2.24) is 14.9 Å². The number of hydrogen-bond acceptors (Lipinski definition) is 3. The van der Waals surface area contributed by atoms with E-state index in [4.69, 9.17) is 4.74 Å². The first-order valence-electron chi connectivity index (χ1n) is 7.84. The molecule has 1 aromatic carbocycles. The van der Waals surface area contributed by atoms with Gasteiger partial charge < -0.3 is 14.6 Å². The Hall–Kier alpha value is -2.21. The molecular formula is C17H20FN3O2. The molecule has 2 heterocycles. The molecule has 122 valence electrons. The predicted molar refractivity (Wildman–Crippen MR) is 83.2 cm³/mol. The SMILES string of the molecule is CCn1ccnc1[C@H]1OCC[C@@H]1NC(=O)Cc1cccc(F)c1. The van der Waals surface area contributed by atoms with Crippen LogP contribution in [0.4, 0.5) is 4.39 Å². The topological polar surface area (TPSA) is 56.1 Å². The number of aryl methyl sites for hydroxylation is 1. The number of carbonyl (C=O) groups excluding carboxylic acids is 1. The summed E-state index contributed by atoms with van der Waals surface area (Å²) < 4.78 is 21.0. The number of imidazole rings is 1. The van der Waals surface area contributed by atoms with Crippen LogP contribution in [0.2, 0.25) is 0 Å². The lowest BCUT2D eigenvalue weighted by molar-refractivity contribution is -0.121. The molecule has 3 rings (SSSR count). The van der Waals surface area contributed by atoms with Crippen LogP contribution in [0.5, 0.6) is 0 Å². The molecule has 6 heteroatoms. The highest BCUT2D eigenvalue weighted by Gasteiger charge is 2.33. The van der Waals surface area contributed by atoms with Crippen molar-refractivity contribution in [3.05, 3.63) is 53.9 Å². The van der Waals surface area contributed by atoms with Gasteiger partial charge in [0, 0.05) is 25.5 Å². The Bertz CT molecular complexity index is 686. The van der Waals surface area contributed by atoms with Crippen LogP contribution >= 0.6 is 0 Å². The van der Waals surface area contributed by atoms with Crippen LogP contribution in [0.3, 0.4) is 0 Å². The van der Waals surface area contributed by atoms with E-state index in [1.807, 2.05) is 17.7 Å². The molecule has 0 unspecified atom stereocenters. The van der Waals surface area contributed by atoms with Crippen LogP contribution in [-0.2, 0) is 22.5 Å². The van der Waals surface area contributed by atoms with Crippen LogP contribution in [0.25, 0.3) is 0 Å². The fraction of sp³-hybridized carbons (Fsp3) is 0.412. The second kappa shape index (κ2) is 6.91. The molecule has 1 N–H and O–H groups in total. The lowest BCUT2D eigenvalue weighted by Gasteiger charge is -2.20. The molecular weight excluding hydrogens is 297 g/mol. The van der Waals surface area contributed by atoms with E-state index in [1.165, 1.54) is 12.1 Å². The lowest BCUT2D eigenvalue weighted by Crippen LogP contribution is -2.38. The summed E-state index contributed by atoms with van der Waals surface area (Å²) in [6.45, 7) is 3.43. The minimum Gasteiger partial charge on any atom is -0.368 e. The predicted octanol–water partition coefficient (Wildman–Crippen LogP) is 2.23. The standard InChI is InChI=1S/C17H20FN3O2/c1-2-21-8-7-19-17(21)16-14(6-9-23-16)20-15(22)11-12-4-3-5-13(18)10-12/h3-5,7-8,10,14,16H,2,6,9,11H2,1H3,(H,20,22)/t14-,16-/m0/s1. The molecule has 0 spiro atoms. The van der Waals surface area contributed by atoms with Crippen LogP contribution in [0.15, 0.2) is 36.7 Å². The van der Waals surface area contributed by atoms with E-state index in [2.05, 4.69) is 10.3 Å². The van der Waals surface area contributed by atoms with Gasteiger partial charge in [-0.3, -0.25) is 4.79 Å². The van der Waals surface area contributed by atoms with Gasteiger partial charge in [0.15, 0.2) is 0 Å². The Morgan fingerprint density at radius 1 is 1.52 bits per heavy atom. The molecule has 1 saturated heterocycles. The van der Waals surface area contributed by atoms with Gasteiger partial charge >= 0.3 is 0 Å². The highest BCUT2D eigenvalue weighted by atomic mass is 19.1. The van der Waals surface area contributed by atoms with E-state index in [0.717, 1.165) is 18.8 Å². The van der Waals surface area contributed by atoms with Gasteiger partial charge in [0.2, 0.25) is 5.91 Å². The van der Waals surface area contributed by atoms with E-state index in [-0.39, 0.29) is 30.3 Å². The summed E-state index contributed by atoms with van der Waals surface area (Å²) in [5, 5.41) is 3.00. The van der Waals surface area contributed by atoms with Crippen LogP contribution in [0, 0.1) is 5.82 Å². The molecule has 1 aromatic heterocycles. The summed E-state index contributed by atoms with van der Waals surface area (Å²) in [4.78, 5) is 16.6. The molecule has 2 atom stereocenters. The second-order valence-corrected chi connectivity index (χ2v) is 5.63. The average molecular weight is 317 g/mol. The number of aromatic nitrogens is 2. The number of amides is 1. The van der Waals surface area contributed by atoms with Crippen molar-refractivity contribution in [2.45, 2.75) is 38.5 Å². The average Bonchev–Trinajstić information content (AvgIpc) is 3.15. The molecule has 1 fully saturated rings. The van der Waals surface area contributed by atoms with Gasteiger partial charge in [0.1, 0.15) is 17.7 Å². The smallest absolute Gasteiger partial charge is 0.224 e. The minimum atomic E-state index is -0.331. The van der Waals surface area contributed by atoms with Gasteiger partial charge in [-0.15, -0.1) is 0 Å². The summed E-state index contributed by atoms with van der Waals surface area (Å²) in [5.41, 5.74) is 0.660. The Morgan fingerprint density at radius 3 is 3.17 bits per heavy atom. The third kappa shape index (κ3) is 3.59. The van der Waals surface area contributed by atoms with Crippen molar-refractivity contribution < 1.29 is 13.9 Å². The van der Waals surface area contributed by atoms with Crippen molar-refractivity contribution in [3.63, 3.8) is 0 Å². The van der Waals surface area contributed by atoms with Gasteiger partial charge in [-0.2, -0.15) is 0 Å². The molecule has 1 aliphatic heterocycles. The molecule has 1 amide bonds. The van der Waals surface area contributed by atoms with Crippen LogP contribution in [0.1, 0.15) is 30.8 Å². The minimum absolute atomic E-state index is 0.108. The van der Waals surface area contributed by atoms with Crippen LogP contribution < -0.4 is 5.32 Å². The Morgan fingerprint density at radius 2 is 2.39 bits per heavy atom. The highest BCUT2D eigenvalue weighted by Crippen LogP contribution is 2.28. The Balaban J connectivity index is 1.65. The molecule has 1 aliphatic rings. The van der Waals surface area contributed by atoms with E-state index in [0.29, 0.717) is 12.2 Å². The fourth-order valence-corrected chi connectivity index (χ4v) is 2.93. The highest BCUT2D eigenvalue weighted by molar-refractivity contribution is 5.79. The van der Waals surface area contributed by atoms with Gasteiger partial charge in [-0.05, 0) is 31.0 Å². The Labute approximate surface area is 134 Å². The number of nitrogens with one attached hydrogen (secondary N) is 1. The van der Waals surface area contributed by atoms with Crippen molar-refractivity contribution in [2.24, 2.45) is 0 Å². The summed E-state index contributed by atoms with van der Waals surface area (Å²) in [6.07, 6.45) is 4.31. The van der Waals surface area contributed by atoms with Crippen molar-refractivity contribution >= 4 is 5.91 Å². The summed E-state index contributed by atoms with van der Waals surface area (Å²) >= 11 is 0. The van der Waals surface area contributed by atoms with E-state index in [9.17, 15) is 9.18 Å². The number of nitrogens with zero attached hydrogens (tertiary/aromatic N) is 2. The zero-order valence-electron chi connectivity index (χ0n) is 13.0. The van der Waals surface area contributed by atoms with E-state index < -0.39 is 0 Å². The van der Waals surface area contributed by atoms with Gasteiger partial charge in [-0.25, -0.2) is 9.37 Å². The van der Waals surface area contributed by atoms with Crippen molar-refractivity contribution in [2.75, 3.05) is 6.61 Å². The van der Waals surface area contributed by atoms with Gasteiger partial charge in [-0.1, -0.05) is 12.1 Å². The first kappa shape index (κ1) is 15.7. The Kier molecular flexibility index (Phi) is 4.71. The molecule has 0 radical (unpaired) electrons. The summed E-state index contributed by atoms with van der Waals surface area (Å²) in [6, 6.07) is 5.99. The first-order chi connectivity index (χ1) is 11.2. The van der Waals surface area contributed by atoms with Crippen molar-refractivity contribution in [1.29, 1.82) is 0 Å². The number of ether oxygens (including phenoxy) is 1. The fourth-order valence-electron chi connectivity index (χ4n) is 2.93. The molecule has 0 aliphatic carbocycles. The van der Waals surface area contributed by atoms with Gasteiger partial charge in [0.25, 0.3) is 0 Å². The summed E-state index contributed by atoms with van der Waals surface area (Å²) in [5.74, 6) is 0.370. The van der Waals surface area contributed by atoms with Gasteiger partial charge in [0.05, 0.1) is 12.5 Å². The number of halogens is 1. The number of hydrogen-bond donors (Lipinski definition) is 1. The number of carbonyl (C=O) groups is 1. The lowest BCUT2D eigenvalue weighted by atomic mass is 10.1. The van der Waals surface area contributed by atoms with E-state index in [1.54, 1.807) is 18.3 Å². The zero-order chi connectivity index (χ0) is 16.2. The maximum atomic E-state index is 13.2. The zero-order valence-corrected chi connectivity index (χ0v) is 13.0. The van der Waals surface area contributed by atoms with Crippen molar-refractivity contribution in [3.8, 4) is 0 Å². The molecule has 23 heavy (non-hydrogen) atoms. The molecule has 2 aromatic rings. The monoisotopic (exact) mass is 317 g/mol. The van der Waals surface area contributed by atoms with Crippen LogP contribution in [-0.4, -0.2) is 28.1 Å². The molecule has 0 saturated carbocycles. The normalized spacial score (nSPS) is 20.6. The largest absolute Gasteiger partial charge is 0.368 e. The third-order valence-corrected chi connectivity index (χ3v) is 4.03. The second-order valence-electron chi connectivity index (χ2n) is 5.63. The van der Waals surface area contributed by atoms with E-state index >= 15 is 0 Å². The quantitative estimate of drug-likeness (QED) is 0.920. The molecule has 0 bridgehead atoms. The number of benzene rings is 1. The first-order valence-corrected chi connectivity index (χ1v) is 7.84. The summed E-state index contributed by atoms with van der Waals surface area (Å²) in [7, 11) is 0. The maximum absolute atomic E-state index is 13.2.